The van der Waals surface area contributed by atoms with Gasteiger partial charge in [-0.05, 0) is 61.9 Å². The van der Waals surface area contributed by atoms with Crippen LogP contribution in [0.5, 0.6) is 0 Å². The third-order valence-corrected chi connectivity index (χ3v) is 7.75. The summed E-state index contributed by atoms with van der Waals surface area (Å²) in [6, 6.07) is 18.7. The van der Waals surface area contributed by atoms with Crippen molar-refractivity contribution in [1.29, 1.82) is 0 Å². The second-order valence-corrected chi connectivity index (χ2v) is 10.3. The molecule has 1 aromatic heterocycles. The van der Waals surface area contributed by atoms with E-state index in [0.717, 1.165) is 10.2 Å². The van der Waals surface area contributed by atoms with Gasteiger partial charge in [-0.3, -0.25) is 14.4 Å². The van der Waals surface area contributed by atoms with Gasteiger partial charge in [-0.1, -0.05) is 35.0 Å². The number of fused-ring (bicyclic) bond motifs is 1. The molecule has 11 heteroatoms. The summed E-state index contributed by atoms with van der Waals surface area (Å²) in [4.78, 5) is 36.6. The first kappa shape index (κ1) is 24.7. The number of carboxylic acids is 1. The fourth-order valence-electron chi connectivity index (χ4n) is 3.62. The van der Waals surface area contributed by atoms with Crippen molar-refractivity contribution in [3.8, 4) is 0 Å². The molecule has 4 aromatic rings. The molecule has 0 radical (unpaired) electrons. The summed E-state index contributed by atoms with van der Waals surface area (Å²) in [7, 11) is -4.30. The number of aromatic nitrogens is 3. The molecule has 4 rings (SSSR count). The zero-order chi connectivity index (χ0) is 25.9. The Labute approximate surface area is 206 Å². The first-order chi connectivity index (χ1) is 17.2. The fraction of sp³-hybridized carbons (Fsp3) is 0.160. The highest BCUT2D eigenvalue weighted by Gasteiger charge is 2.34. The Morgan fingerprint density at radius 3 is 2.33 bits per heavy atom. The van der Waals surface area contributed by atoms with Gasteiger partial charge < -0.3 is 10.4 Å². The van der Waals surface area contributed by atoms with E-state index in [1.54, 1.807) is 48.5 Å². The zero-order valence-corrected chi connectivity index (χ0v) is 20.0. The quantitative estimate of drug-likeness (QED) is 0.371. The van der Waals surface area contributed by atoms with Crippen LogP contribution in [0, 0.1) is 6.92 Å². The Morgan fingerprint density at radius 1 is 1.00 bits per heavy atom. The van der Waals surface area contributed by atoms with E-state index in [0.29, 0.717) is 22.2 Å². The van der Waals surface area contributed by atoms with Crippen LogP contribution in [-0.2, 0) is 21.2 Å². The number of hydrogen-bond acceptors (Lipinski definition) is 7. The number of sulfone groups is 1. The number of rotatable bonds is 8. The smallest absolute Gasteiger partial charge is 0.322 e. The number of anilines is 1. The normalized spacial score (nSPS) is 12.2. The van der Waals surface area contributed by atoms with Crippen LogP contribution in [0.25, 0.3) is 10.9 Å². The van der Waals surface area contributed by atoms with Gasteiger partial charge in [0.25, 0.3) is 11.5 Å². The topological polar surface area (TPSA) is 148 Å². The van der Waals surface area contributed by atoms with Gasteiger partial charge in [-0.15, -0.1) is 5.10 Å². The van der Waals surface area contributed by atoms with Gasteiger partial charge in [0.05, 0.1) is 10.3 Å². The van der Waals surface area contributed by atoms with Crippen LogP contribution >= 0.6 is 0 Å². The first-order valence-electron chi connectivity index (χ1n) is 10.9. The monoisotopic (exact) mass is 506 g/mol. The van der Waals surface area contributed by atoms with Crippen molar-refractivity contribution in [3.05, 3.63) is 94.3 Å². The minimum absolute atomic E-state index is 0.222. The van der Waals surface area contributed by atoms with Crippen LogP contribution in [0.15, 0.2) is 82.5 Å². The van der Waals surface area contributed by atoms with E-state index in [1.165, 1.54) is 24.3 Å². The maximum atomic E-state index is 13.1. The molecule has 1 heterocycles. The van der Waals surface area contributed by atoms with Crippen molar-refractivity contribution in [2.45, 2.75) is 30.0 Å². The summed E-state index contributed by atoms with van der Waals surface area (Å²) < 4.78 is 27.1. The first-order valence-corrected chi connectivity index (χ1v) is 12.5. The third kappa shape index (κ3) is 5.15. The summed E-state index contributed by atoms with van der Waals surface area (Å²) in [6.07, 6.45) is -0.392. The molecule has 2 N–H and O–H groups in total. The Morgan fingerprint density at radius 2 is 1.67 bits per heavy atom. The van der Waals surface area contributed by atoms with Crippen LogP contribution in [0.4, 0.5) is 5.69 Å². The average Bonchev–Trinajstić information content (AvgIpc) is 2.86. The maximum absolute atomic E-state index is 13.1. The molecule has 0 aliphatic heterocycles. The minimum atomic E-state index is -4.30. The molecule has 0 aliphatic rings. The highest BCUT2D eigenvalue weighted by atomic mass is 32.2. The minimum Gasteiger partial charge on any atom is -0.480 e. The average molecular weight is 507 g/mol. The molecular formula is C25H22N4O6S. The van der Waals surface area contributed by atoms with Crippen molar-refractivity contribution in [1.82, 2.24) is 15.0 Å². The van der Waals surface area contributed by atoms with E-state index < -0.39 is 33.0 Å². The zero-order valence-electron chi connectivity index (χ0n) is 19.2. The second-order valence-electron chi connectivity index (χ2n) is 8.14. The summed E-state index contributed by atoms with van der Waals surface area (Å²) in [6.45, 7) is 1.65. The summed E-state index contributed by atoms with van der Waals surface area (Å²) in [5.41, 5.74) is 1.69. The largest absolute Gasteiger partial charge is 0.480 e. The van der Waals surface area contributed by atoms with Crippen molar-refractivity contribution in [3.63, 3.8) is 0 Å². The number of carbonyl (C=O) groups is 2. The molecular weight excluding hydrogens is 484 g/mol. The van der Waals surface area contributed by atoms with E-state index in [1.807, 2.05) is 6.92 Å². The van der Waals surface area contributed by atoms with Gasteiger partial charge >= 0.3 is 5.97 Å². The molecule has 36 heavy (non-hydrogen) atoms. The number of amides is 1. The van der Waals surface area contributed by atoms with Gasteiger partial charge in [0, 0.05) is 17.8 Å². The predicted molar refractivity (Wildman–Crippen MR) is 133 cm³/mol. The van der Waals surface area contributed by atoms with Crippen LogP contribution < -0.4 is 10.9 Å². The van der Waals surface area contributed by atoms with Gasteiger partial charge in [-0.25, -0.2) is 13.1 Å². The lowest BCUT2D eigenvalue weighted by Gasteiger charge is -2.14. The van der Waals surface area contributed by atoms with Gasteiger partial charge in [0.15, 0.2) is 15.1 Å². The fourth-order valence-corrected chi connectivity index (χ4v) is 5.15. The molecule has 0 bridgehead atoms. The van der Waals surface area contributed by atoms with Gasteiger partial charge in [-0.2, -0.15) is 0 Å². The third-order valence-electron chi connectivity index (χ3n) is 5.64. The molecule has 0 fully saturated rings. The van der Waals surface area contributed by atoms with Crippen LogP contribution in [0.1, 0.15) is 22.3 Å². The lowest BCUT2D eigenvalue weighted by Crippen LogP contribution is -2.34. The van der Waals surface area contributed by atoms with Gasteiger partial charge in [0.2, 0.25) is 0 Å². The Balaban J connectivity index is 1.50. The SMILES string of the molecule is Cc1ccc(C(=O)Nc2ccc(S(=O)(=O)C(CCn3nnc4ccccc4c3=O)C(=O)O)cc2)cc1. The molecule has 3 aromatic carbocycles. The van der Waals surface area contributed by atoms with Crippen molar-refractivity contribution in [2.75, 3.05) is 5.32 Å². The predicted octanol–water partition coefficient (Wildman–Crippen LogP) is 2.67. The van der Waals surface area contributed by atoms with E-state index in [9.17, 15) is 27.9 Å². The molecule has 1 unspecified atom stereocenters. The van der Waals surface area contributed by atoms with Gasteiger partial charge in [0.1, 0.15) is 5.52 Å². The second kappa shape index (κ2) is 10.1. The summed E-state index contributed by atoms with van der Waals surface area (Å²) in [5, 5.41) is 18.5. The standard InChI is InChI=1S/C25H22N4O6S/c1-16-6-8-17(9-7-16)23(30)26-18-10-12-19(13-11-18)36(34,35)22(25(32)33)14-15-29-24(31)20-4-2-3-5-21(20)27-28-29/h2-13,22H,14-15H2,1H3,(H,26,30)(H,32,33). The molecule has 1 atom stereocenters. The van der Waals surface area contributed by atoms with Crippen molar-refractivity contribution >= 4 is 38.3 Å². The Hall–Kier alpha value is -4.38. The number of benzene rings is 3. The van der Waals surface area contributed by atoms with E-state index in [4.69, 9.17) is 0 Å². The Bertz CT molecular complexity index is 1600. The summed E-state index contributed by atoms with van der Waals surface area (Å²) in [5.74, 6) is -1.91. The Kier molecular flexibility index (Phi) is 6.93. The molecule has 184 valence electrons. The van der Waals surface area contributed by atoms with Crippen LogP contribution in [0.3, 0.4) is 0 Å². The highest BCUT2D eigenvalue weighted by molar-refractivity contribution is 7.92. The summed E-state index contributed by atoms with van der Waals surface area (Å²) >= 11 is 0. The van der Waals surface area contributed by atoms with Crippen LogP contribution in [-0.4, -0.2) is 45.6 Å². The molecule has 1 amide bonds. The number of nitrogens with zero attached hydrogens (tertiary/aromatic N) is 3. The number of nitrogens with one attached hydrogen (secondary N) is 1. The van der Waals surface area contributed by atoms with Crippen molar-refractivity contribution in [2.24, 2.45) is 0 Å². The molecule has 0 spiro atoms. The van der Waals surface area contributed by atoms with E-state index >= 15 is 0 Å². The van der Waals surface area contributed by atoms with E-state index in [-0.39, 0.29) is 17.3 Å². The number of aryl methyl sites for hydroxylation is 2. The molecule has 0 saturated heterocycles. The van der Waals surface area contributed by atoms with Crippen LogP contribution in [0.2, 0.25) is 0 Å². The lowest BCUT2D eigenvalue weighted by molar-refractivity contribution is -0.136. The lowest BCUT2D eigenvalue weighted by atomic mass is 10.1. The maximum Gasteiger partial charge on any atom is 0.322 e. The number of hydrogen-bond donors (Lipinski definition) is 2. The number of aliphatic carboxylic acids is 1. The number of carboxylic acid groups (broad SMARTS) is 1. The molecule has 0 saturated carbocycles. The molecule has 10 nitrogen and oxygen atoms in total. The van der Waals surface area contributed by atoms with E-state index in [2.05, 4.69) is 15.6 Å². The number of carbonyl (C=O) groups excluding carboxylic acids is 1. The highest BCUT2D eigenvalue weighted by Crippen LogP contribution is 2.22. The molecule has 0 aliphatic carbocycles. The van der Waals surface area contributed by atoms with Crippen molar-refractivity contribution < 1.29 is 23.1 Å².